The molecule has 0 aliphatic heterocycles. The molecule has 8 nitrogen and oxygen atoms in total. The van der Waals surface area contributed by atoms with E-state index in [0.717, 1.165) is 27.9 Å². The Kier molecular flexibility index (Phi) is 4.82. The van der Waals surface area contributed by atoms with E-state index >= 15 is 0 Å². The van der Waals surface area contributed by atoms with Crippen LogP contribution in [0.2, 0.25) is 0 Å². The van der Waals surface area contributed by atoms with E-state index < -0.39 is 0 Å². The van der Waals surface area contributed by atoms with E-state index in [1.807, 2.05) is 43.3 Å². The number of anilines is 1. The minimum atomic E-state index is -0.234. The van der Waals surface area contributed by atoms with Crippen molar-refractivity contribution in [3.63, 3.8) is 0 Å². The Morgan fingerprint density at radius 2 is 2.14 bits per heavy atom. The van der Waals surface area contributed by atoms with Gasteiger partial charge in [-0.15, -0.1) is 0 Å². The lowest BCUT2D eigenvalue weighted by Gasteiger charge is -2.09. The molecule has 0 amide bonds. The van der Waals surface area contributed by atoms with Crippen LogP contribution in [-0.4, -0.2) is 32.8 Å². The minimum absolute atomic E-state index is 0.234. The lowest BCUT2D eigenvalue weighted by atomic mass is 10.1. The number of amidine groups is 1. The van der Waals surface area contributed by atoms with Crippen molar-refractivity contribution in [1.82, 2.24) is 19.9 Å². The van der Waals surface area contributed by atoms with Crippen molar-refractivity contribution in [2.45, 2.75) is 13.5 Å². The summed E-state index contributed by atoms with van der Waals surface area (Å²) in [7, 11) is 1.65. The summed E-state index contributed by atoms with van der Waals surface area (Å²) in [5, 5.41) is 3.28. The van der Waals surface area contributed by atoms with Crippen LogP contribution in [0.4, 0.5) is 5.69 Å². The molecule has 3 aromatic heterocycles. The molecule has 0 bridgehead atoms. The highest BCUT2D eigenvalue weighted by Crippen LogP contribution is 2.26. The summed E-state index contributed by atoms with van der Waals surface area (Å²) in [5.41, 5.74) is 11.0. The molecule has 0 radical (unpaired) electrons. The molecule has 0 saturated heterocycles. The zero-order valence-corrected chi connectivity index (χ0v) is 16.2. The number of rotatable bonds is 5. The number of H-pyrrole nitrogens is 2. The standard InChI is InChI=1S/C21H21N7O/c1-12-9-13(19(22)23-2)10-16-18(12)28-20(27-16)17-15(6-8-25-21(17)29)26-11-14-5-3-4-7-24-14/h3-10H,11H2,1-2H3,(H2,22,23)(H,27,28)(H2,25,26,29). The lowest BCUT2D eigenvalue weighted by molar-refractivity contribution is 1.04. The maximum absolute atomic E-state index is 12.6. The van der Waals surface area contributed by atoms with E-state index in [1.165, 1.54) is 0 Å². The van der Waals surface area contributed by atoms with Crippen molar-refractivity contribution in [3.05, 3.63) is 76.0 Å². The zero-order chi connectivity index (χ0) is 20.4. The quantitative estimate of drug-likeness (QED) is 0.309. The number of aliphatic imine (C=N–C) groups is 1. The van der Waals surface area contributed by atoms with E-state index in [0.29, 0.717) is 29.5 Å². The number of fused-ring (bicyclic) bond motifs is 1. The number of nitrogens with zero attached hydrogens (tertiary/aromatic N) is 3. The number of benzene rings is 1. The first-order valence-corrected chi connectivity index (χ1v) is 9.15. The van der Waals surface area contributed by atoms with Crippen molar-refractivity contribution in [2.75, 3.05) is 12.4 Å². The molecule has 3 heterocycles. The molecule has 0 aliphatic rings. The molecule has 0 atom stereocenters. The smallest absolute Gasteiger partial charge is 0.261 e. The van der Waals surface area contributed by atoms with E-state index in [-0.39, 0.29) is 5.56 Å². The molecule has 4 aromatic rings. The van der Waals surface area contributed by atoms with Crippen LogP contribution < -0.4 is 16.6 Å². The van der Waals surface area contributed by atoms with Gasteiger partial charge in [-0.1, -0.05) is 6.07 Å². The first-order valence-electron chi connectivity index (χ1n) is 9.15. The third-order valence-electron chi connectivity index (χ3n) is 4.70. The number of nitrogens with two attached hydrogens (primary N) is 1. The number of hydrogen-bond acceptors (Lipinski definition) is 5. The normalized spacial score (nSPS) is 11.7. The molecule has 0 aliphatic carbocycles. The van der Waals surface area contributed by atoms with Gasteiger partial charge in [0.15, 0.2) is 0 Å². The largest absolute Gasteiger partial charge is 0.384 e. The number of pyridine rings is 2. The first kappa shape index (κ1) is 18.4. The Bertz CT molecular complexity index is 1260. The van der Waals surface area contributed by atoms with Crippen LogP contribution in [0.15, 0.2) is 58.6 Å². The number of imidazole rings is 1. The van der Waals surface area contributed by atoms with Crippen molar-refractivity contribution in [3.8, 4) is 11.4 Å². The van der Waals surface area contributed by atoms with E-state index in [2.05, 4.69) is 30.2 Å². The molecular formula is C21H21N7O. The molecule has 4 rings (SSSR count). The molecule has 8 heteroatoms. The molecule has 5 N–H and O–H groups in total. The maximum atomic E-state index is 12.6. The van der Waals surface area contributed by atoms with Crippen LogP contribution in [0.3, 0.4) is 0 Å². The topological polar surface area (TPSA) is 125 Å². The van der Waals surface area contributed by atoms with Gasteiger partial charge in [0.1, 0.15) is 17.2 Å². The Morgan fingerprint density at radius 3 is 2.90 bits per heavy atom. The number of aromatic nitrogens is 4. The van der Waals surface area contributed by atoms with Crippen LogP contribution in [0.1, 0.15) is 16.8 Å². The fourth-order valence-corrected chi connectivity index (χ4v) is 3.24. The average Bonchev–Trinajstić information content (AvgIpc) is 3.16. The molecule has 29 heavy (non-hydrogen) atoms. The van der Waals surface area contributed by atoms with E-state index in [1.54, 1.807) is 19.4 Å². The monoisotopic (exact) mass is 387 g/mol. The Hall–Kier alpha value is -3.94. The summed E-state index contributed by atoms with van der Waals surface area (Å²) in [6.07, 6.45) is 3.34. The number of hydrogen-bond donors (Lipinski definition) is 4. The SMILES string of the molecule is CN=C(N)c1cc(C)c2nc(-c3c(NCc4ccccn4)cc[nH]c3=O)[nH]c2c1. The second-order valence-corrected chi connectivity index (χ2v) is 6.65. The summed E-state index contributed by atoms with van der Waals surface area (Å²) in [5.74, 6) is 0.930. The van der Waals surface area contributed by atoms with Gasteiger partial charge in [0.25, 0.3) is 5.56 Å². The van der Waals surface area contributed by atoms with Gasteiger partial charge in [0, 0.05) is 25.0 Å². The fraction of sp³-hybridized carbons (Fsp3) is 0.143. The Morgan fingerprint density at radius 1 is 1.28 bits per heavy atom. The molecule has 146 valence electrons. The van der Waals surface area contributed by atoms with E-state index in [4.69, 9.17) is 5.73 Å². The van der Waals surface area contributed by atoms with Crippen LogP contribution >= 0.6 is 0 Å². The van der Waals surface area contributed by atoms with Gasteiger partial charge in [-0.2, -0.15) is 0 Å². The third kappa shape index (κ3) is 3.60. The molecule has 0 saturated carbocycles. The average molecular weight is 387 g/mol. The predicted octanol–water partition coefficient (Wildman–Crippen LogP) is 2.57. The Balaban J connectivity index is 1.77. The second kappa shape index (κ2) is 7.59. The maximum Gasteiger partial charge on any atom is 0.261 e. The van der Waals surface area contributed by atoms with Gasteiger partial charge in [0.05, 0.1) is 29.0 Å². The second-order valence-electron chi connectivity index (χ2n) is 6.65. The van der Waals surface area contributed by atoms with Crippen molar-refractivity contribution in [2.24, 2.45) is 10.7 Å². The number of aryl methyl sites for hydroxylation is 1. The van der Waals surface area contributed by atoms with Gasteiger partial charge < -0.3 is 21.0 Å². The van der Waals surface area contributed by atoms with Crippen LogP contribution in [0, 0.1) is 6.92 Å². The number of nitrogens with one attached hydrogen (secondary N) is 3. The first-order chi connectivity index (χ1) is 14.1. The van der Waals surface area contributed by atoms with E-state index in [9.17, 15) is 4.79 Å². The highest BCUT2D eigenvalue weighted by atomic mass is 16.1. The number of aromatic amines is 2. The van der Waals surface area contributed by atoms with Gasteiger partial charge in [-0.25, -0.2) is 4.98 Å². The molecular weight excluding hydrogens is 366 g/mol. The summed E-state index contributed by atoms with van der Waals surface area (Å²) in [6.45, 7) is 2.44. The highest BCUT2D eigenvalue weighted by molar-refractivity contribution is 6.01. The van der Waals surface area contributed by atoms with Crippen molar-refractivity contribution >= 4 is 22.6 Å². The van der Waals surface area contributed by atoms with Crippen LogP contribution in [0.5, 0.6) is 0 Å². The van der Waals surface area contributed by atoms with Crippen LogP contribution in [-0.2, 0) is 6.54 Å². The minimum Gasteiger partial charge on any atom is -0.384 e. The molecule has 0 fully saturated rings. The molecule has 0 spiro atoms. The predicted molar refractivity (Wildman–Crippen MR) is 115 cm³/mol. The third-order valence-corrected chi connectivity index (χ3v) is 4.70. The van der Waals surface area contributed by atoms with Gasteiger partial charge in [0.2, 0.25) is 0 Å². The van der Waals surface area contributed by atoms with Crippen molar-refractivity contribution in [1.29, 1.82) is 0 Å². The highest BCUT2D eigenvalue weighted by Gasteiger charge is 2.16. The summed E-state index contributed by atoms with van der Waals surface area (Å²) < 4.78 is 0. The molecule has 0 unspecified atom stereocenters. The van der Waals surface area contributed by atoms with Gasteiger partial charge in [-0.05, 0) is 42.8 Å². The molecule has 1 aromatic carbocycles. The summed E-state index contributed by atoms with van der Waals surface area (Å²) in [4.78, 5) is 31.6. The van der Waals surface area contributed by atoms with Gasteiger partial charge in [-0.3, -0.25) is 14.8 Å². The zero-order valence-electron chi connectivity index (χ0n) is 16.2. The summed E-state index contributed by atoms with van der Waals surface area (Å²) in [6, 6.07) is 11.3. The fourth-order valence-electron chi connectivity index (χ4n) is 3.24. The Labute approximate surface area is 167 Å². The lowest BCUT2D eigenvalue weighted by Crippen LogP contribution is -2.13. The van der Waals surface area contributed by atoms with Crippen molar-refractivity contribution < 1.29 is 0 Å². The van der Waals surface area contributed by atoms with Gasteiger partial charge >= 0.3 is 0 Å². The van der Waals surface area contributed by atoms with Crippen LogP contribution in [0.25, 0.3) is 22.4 Å². The summed E-state index contributed by atoms with van der Waals surface area (Å²) >= 11 is 0.